The highest BCUT2D eigenvalue weighted by Gasteiger charge is 2.34. The lowest BCUT2D eigenvalue weighted by atomic mass is 10.1. The summed E-state index contributed by atoms with van der Waals surface area (Å²) in [6.45, 7) is 2.24. The van der Waals surface area contributed by atoms with Crippen molar-refractivity contribution >= 4 is 34.9 Å². The zero-order valence-corrected chi connectivity index (χ0v) is 16.1. The van der Waals surface area contributed by atoms with E-state index in [2.05, 4.69) is 5.32 Å². The Hall–Kier alpha value is -2.93. The van der Waals surface area contributed by atoms with Crippen LogP contribution in [0.3, 0.4) is 0 Å². The van der Waals surface area contributed by atoms with Crippen LogP contribution in [0.4, 0.5) is 9.18 Å². The van der Waals surface area contributed by atoms with Gasteiger partial charge in [-0.2, -0.15) is 0 Å². The molecule has 7 heteroatoms. The molecule has 3 amide bonds. The lowest BCUT2D eigenvalue weighted by molar-refractivity contribution is -0.124. The van der Waals surface area contributed by atoms with Crippen LogP contribution in [-0.2, 0) is 16.0 Å². The maximum atomic E-state index is 12.9. The van der Waals surface area contributed by atoms with Crippen molar-refractivity contribution in [3.63, 3.8) is 0 Å². The zero-order valence-electron chi connectivity index (χ0n) is 15.3. The lowest BCUT2D eigenvalue weighted by Gasteiger charge is -2.13. The average molecular weight is 398 g/mol. The molecule has 0 saturated carbocycles. The van der Waals surface area contributed by atoms with E-state index in [0.29, 0.717) is 10.5 Å². The van der Waals surface area contributed by atoms with E-state index >= 15 is 0 Å². The first-order valence-electron chi connectivity index (χ1n) is 8.75. The van der Waals surface area contributed by atoms with Crippen LogP contribution in [0.2, 0.25) is 0 Å². The number of carbonyl (C=O) groups is 3. The summed E-state index contributed by atoms with van der Waals surface area (Å²) >= 11 is 0.894. The summed E-state index contributed by atoms with van der Waals surface area (Å²) in [4.78, 5) is 38.0. The topological polar surface area (TPSA) is 66.5 Å². The summed E-state index contributed by atoms with van der Waals surface area (Å²) in [5, 5.41) is 2.33. The minimum Gasteiger partial charge on any atom is -0.354 e. The third kappa shape index (κ3) is 5.07. The van der Waals surface area contributed by atoms with Gasteiger partial charge in [-0.3, -0.25) is 19.3 Å². The van der Waals surface area contributed by atoms with Crippen molar-refractivity contribution in [2.75, 3.05) is 13.1 Å². The van der Waals surface area contributed by atoms with Crippen LogP contribution >= 0.6 is 11.8 Å². The number of halogens is 1. The summed E-state index contributed by atoms with van der Waals surface area (Å²) < 4.78 is 12.9. The Kier molecular flexibility index (Phi) is 6.26. The molecule has 2 aromatic carbocycles. The smallest absolute Gasteiger partial charge is 0.293 e. The number of imide groups is 1. The maximum absolute atomic E-state index is 12.9. The van der Waals surface area contributed by atoms with Crippen LogP contribution in [0.5, 0.6) is 0 Å². The molecule has 0 radical (unpaired) electrons. The van der Waals surface area contributed by atoms with Gasteiger partial charge in [-0.05, 0) is 48.0 Å². The van der Waals surface area contributed by atoms with E-state index in [9.17, 15) is 18.8 Å². The fourth-order valence-corrected chi connectivity index (χ4v) is 3.53. The summed E-state index contributed by atoms with van der Waals surface area (Å²) in [6, 6.07) is 13.3. The number of thioether (sulfide) groups is 1. The molecule has 5 nitrogen and oxygen atoms in total. The molecule has 1 aliphatic heterocycles. The van der Waals surface area contributed by atoms with Gasteiger partial charge in [-0.1, -0.05) is 42.0 Å². The van der Waals surface area contributed by atoms with E-state index in [4.69, 9.17) is 0 Å². The van der Waals surface area contributed by atoms with Gasteiger partial charge in [0.2, 0.25) is 5.91 Å². The van der Waals surface area contributed by atoms with Crippen molar-refractivity contribution in [1.29, 1.82) is 0 Å². The van der Waals surface area contributed by atoms with Crippen LogP contribution in [0.25, 0.3) is 6.08 Å². The first kappa shape index (κ1) is 19.8. The number of hydrogen-bond acceptors (Lipinski definition) is 4. The molecule has 0 unspecified atom stereocenters. The molecule has 2 aromatic rings. The fraction of sp³-hybridized carbons (Fsp3) is 0.190. The Morgan fingerprint density at radius 1 is 1.11 bits per heavy atom. The average Bonchev–Trinajstić information content (AvgIpc) is 2.93. The van der Waals surface area contributed by atoms with Gasteiger partial charge in [-0.25, -0.2) is 4.39 Å². The van der Waals surface area contributed by atoms with Crippen LogP contribution in [0.15, 0.2) is 53.4 Å². The fourth-order valence-electron chi connectivity index (χ4n) is 2.66. The number of nitrogens with one attached hydrogen (secondary N) is 1. The molecule has 0 spiro atoms. The van der Waals surface area contributed by atoms with Gasteiger partial charge in [-0.15, -0.1) is 0 Å². The van der Waals surface area contributed by atoms with Crippen molar-refractivity contribution in [3.05, 3.63) is 75.9 Å². The Morgan fingerprint density at radius 2 is 1.79 bits per heavy atom. The van der Waals surface area contributed by atoms with Gasteiger partial charge in [0.25, 0.3) is 11.1 Å². The number of carbonyl (C=O) groups excluding carboxylic acids is 3. The van der Waals surface area contributed by atoms with E-state index < -0.39 is 0 Å². The van der Waals surface area contributed by atoms with Crippen molar-refractivity contribution in [3.8, 4) is 0 Å². The second-order valence-electron chi connectivity index (χ2n) is 6.40. The highest BCUT2D eigenvalue weighted by molar-refractivity contribution is 8.18. The minimum atomic E-state index is -0.359. The van der Waals surface area contributed by atoms with Crippen LogP contribution in [-0.4, -0.2) is 35.0 Å². The predicted octanol–water partition coefficient (Wildman–Crippen LogP) is 3.53. The molecular weight excluding hydrogens is 379 g/mol. The van der Waals surface area contributed by atoms with E-state index in [1.165, 1.54) is 12.1 Å². The van der Waals surface area contributed by atoms with Crippen molar-refractivity contribution in [2.24, 2.45) is 0 Å². The Labute approximate surface area is 166 Å². The molecule has 1 saturated heterocycles. The molecule has 28 heavy (non-hydrogen) atoms. The van der Waals surface area contributed by atoms with Gasteiger partial charge in [0, 0.05) is 13.1 Å². The van der Waals surface area contributed by atoms with Crippen LogP contribution < -0.4 is 5.32 Å². The largest absolute Gasteiger partial charge is 0.354 e. The highest BCUT2D eigenvalue weighted by atomic mass is 32.2. The standard InChI is InChI=1S/C21H19FN2O3S/c1-14-2-4-15(5-3-14)12-18-20(26)24(21(27)28-18)11-10-23-19(25)13-16-6-8-17(22)9-7-16/h2-9,12H,10-11,13H2,1H3,(H,23,25). The molecule has 0 atom stereocenters. The zero-order chi connectivity index (χ0) is 20.1. The number of nitrogens with zero attached hydrogens (tertiary/aromatic N) is 1. The molecule has 1 aliphatic rings. The minimum absolute atomic E-state index is 0.102. The summed E-state index contributed by atoms with van der Waals surface area (Å²) in [7, 11) is 0. The summed E-state index contributed by atoms with van der Waals surface area (Å²) in [6.07, 6.45) is 1.80. The Morgan fingerprint density at radius 3 is 2.46 bits per heavy atom. The third-order valence-electron chi connectivity index (χ3n) is 4.18. The quantitative estimate of drug-likeness (QED) is 0.756. The summed E-state index contributed by atoms with van der Waals surface area (Å²) in [5.41, 5.74) is 2.65. The molecule has 0 bridgehead atoms. The number of amides is 3. The van der Waals surface area contributed by atoms with E-state index in [-0.39, 0.29) is 42.4 Å². The lowest BCUT2D eigenvalue weighted by Crippen LogP contribution is -2.37. The monoisotopic (exact) mass is 398 g/mol. The second-order valence-corrected chi connectivity index (χ2v) is 7.39. The van der Waals surface area contributed by atoms with Crippen LogP contribution in [0.1, 0.15) is 16.7 Å². The maximum Gasteiger partial charge on any atom is 0.293 e. The van der Waals surface area contributed by atoms with Gasteiger partial charge in [0.1, 0.15) is 5.82 Å². The SMILES string of the molecule is Cc1ccc(C=C2SC(=O)N(CCNC(=O)Cc3ccc(F)cc3)C2=O)cc1. The van der Waals surface area contributed by atoms with Gasteiger partial charge in [0.15, 0.2) is 0 Å². The van der Waals surface area contributed by atoms with E-state index in [1.807, 2.05) is 31.2 Å². The number of hydrogen-bond donors (Lipinski definition) is 1. The normalized spacial score (nSPS) is 15.4. The van der Waals surface area contributed by atoms with Gasteiger partial charge in [0.05, 0.1) is 11.3 Å². The van der Waals surface area contributed by atoms with E-state index in [1.54, 1.807) is 18.2 Å². The van der Waals surface area contributed by atoms with Crippen LogP contribution in [0, 0.1) is 12.7 Å². The Balaban J connectivity index is 1.52. The number of rotatable bonds is 6. The predicted molar refractivity (Wildman–Crippen MR) is 107 cm³/mol. The summed E-state index contributed by atoms with van der Waals surface area (Å²) in [5.74, 6) is -0.973. The molecule has 1 fully saturated rings. The number of aryl methyl sites for hydroxylation is 1. The second kappa shape index (κ2) is 8.84. The molecule has 1 heterocycles. The molecule has 0 aliphatic carbocycles. The van der Waals surface area contributed by atoms with Gasteiger partial charge < -0.3 is 5.32 Å². The number of benzene rings is 2. The van der Waals surface area contributed by atoms with Crippen molar-refractivity contribution in [2.45, 2.75) is 13.3 Å². The highest BCUT2D eigenvalue weighted by Crippen LogP contribution is 2.31. The molecular formula is C21H19FN2O3S. The van der Waals surface area contributed by atoms with Gasteiger partial charge >= 0.3 is 0 Å². The first-order chi connectivity index (χ1) is 13.4. The molecule has 144 valence electrons. The van der Waals surface area contributed by atoms with Crippen molar-refractivity contribution in [1.82, 2.24) is 10.2 Å². The molecule has 0 aromatic heterocycles. The first-order valence-corrected chi connectivity index (χ1v) is 9.57. The third-order valence-corrected chi connectivity index (χ3v) is 5.09. The Bertz CT molecular complexity index is 924. The molecule has 1 N–H and O–H groups in total. The van der Waals surface area contributed by atoms with E-state index in [0.717, 1.165) is 27.8 Å². The molecule has 3 rings (SSSR count). The van der Waals surface area contributed by atoms with Crippen molar-refractivity contribution < 1.29 is 18.8 Å².